The van der Waals surface area contributed by atoms with Crippen molar-refractivity contribution < 1.29 is 4.74 Å². The van der Waals surface area contributed by atoms with Crippen LogP contribution >= 0.6 is 0 Å². The van der Waals surface area contributed by atoms with E-state index in [9.17, 15) is 0 Å². The van der Waals surface area contributed by atoms with E-state index in [0.717, 1.165) is 32.0 Å². The van der Waals surface area contributed by atoms with Crippen LogP contribution in [0, 0.1) is 0 Å². The van der Waals surface area contributed by atoms with Crippen LogP contribution in [-0.4, -0.2) is 42.3 Å². The zero-order chi connectivity index (χ0) is 12.1. The Labute approximate surface area is 102 Å². The lowest BCUT2D eigenvalue weighted by atomic mass is 10.2. The summed E-state index contributed by atoms with van der Waals surface area (Å²) >= 11 is 0. The van der Waals surface area contributed by atoms with E-state index in [1.807, 2.05) is 6.07 Å². The normalized spacial score (nSPS) is 20.4. The average molecular weight is 236 g/mol. The number of piperazine rings is 1. The first-order valence-electron chi connectivity index (χ1n) is 6.24. The van der Waals surface area contributed by atoms with E-state index in [1.54, 1.807) is 6.20 Å². The van der Waals surface area contributed by atoms with Crippen LogP contribution in [0.2, 0.25) is 0 Å². The number of anilines is 1. The van der Waals surface area contributed by atoms with Crippen LogP contribution in [0.3, 0.4) is 0 Å². The lowest BCUT2D eigenvalue weighted by Gasteiger charge is -2.33. The molecule has 1 aromatic heterocycles. The Morgan fingerprint density at radius 2 is 2.47 bits per heavy atom. The minimum Gasteiger partial charge on any atom is -0.478 e. The van der Waals surface area contributed by atoms with Gasteiger partial charge in [-0.05, 0) is 13.3 Å². The smallest absolute Gasteiger partial charge is 0.228 e. The van der Waals surface area contributed by atoms with E-state index in [2.05, 4.69) is 34.0 Å². The maximum absolute atomic E-state index is 5.53. The summed E-state index contributed by atoms with van der Waals surface area (Å²) in [5.74, 6) is 1.44. The molecule has 1 unspecified atom stereocenters. The van der Waals surface area contributed by atoms with Crippen LogP contribution in [0.25, 0.3) is 0 Å². The molecule has 0 amide bonds. The summed E-state index contributed by atoms with van der Waals surface area (Å²) in [4.78, 5) is 11.0. The molecule has 1 N–H and O–H groups in total. The highest BCUT2D eigenvalue weighted by atomic mass is 16.5. The summed E-state index contributed by atoms with van der Waals surface area (Å²) in [6, 6.07) is 2.23. The minimum atomic E-state index is 0.421. The van der Waals surface area contributed by atoms with Crippen LogP contribution in [0.15, 0.2) is 12.3 Å². The molecule has 1 saturated heterocycles. The number of nitrogens with one attached hydrogen (secondary N) is 1. The van der Waals surface area contributed by atoms with Crippen molar-refractivity contribution in [3.8, 4) is 5.88 Å². The molecule has 0 bridgehead atoms. The molecule has 0 spiro atoms. The maximum atomic E-state index is 5.53. The van der Waals surface area contributed by atoms with Gasteiger partial charge in [0.1, 0.15) is 0 Å². The van der Waals surface area contributed by atoms with Gasteiger partial charge in [-0.3, -0.25) is 0 Å². The molecule has 0 radical (unpaired) electrons. The lowest BCUT2D eigenvalue weighted by Crippen LogP contribution is -2.50. The van der Waals surface area contributed by atoms with Crippen molar-refractivity contribution in [2.24, 2.45) is 0 Å². The van der Waals surface area contributed by atoms with Crippen molar-refractivity contribution >= 4 is 5.95 Å². The average Bonchev–Trinajstić information content (AvgIpc) is 2.37. The van der Waals surface area contributed by atoms with E-state index < -0.39 is 0 Å². The van der Waals surface area contributed by atoms with Gasteiger partial charge in [0.05, 0.1) is 6.61 Å². The van der Waals surface area contributed by atoms with Gasteiger partial charge in [-0.2, -0.15) is 4.98 Å². The van der Waals surface area contributed by atoms with E-state index in [1.165, 1.54) is 0 Å². The first-order valence-corrected chi connectivity index (χ1v) is 6.24. The highest BCUT2D eigenvalue weighted by Crippen LogP contribution is 2.16. The Balaban J connectivity index is 2.08. The third kappa shape index (κ3) is 3.06. The van der Waals surface area contributed by atoms with Crippen molar-refractivity contribution in [3.05, 3.63) is 12.3 Å². The molecule has 5 heteroatoms. The van der Waals surface area contributed by atoms with E-state index in [0.29, 0.717) is 18.5 Å². The second-order valence-electron chi connectivity index (χ2n) is 4.29. The second-order valence-corrected chi connectivity index (χ2v) is 4.29. The molecule has 1 atom stereocenters. The zero-order valence-electron chi connectivity index (χ0n) is 10.5. The quantitative estimate of drug-likeness (QED) is 0.847. The largest absolute Gasteiger partial charge is 0.478 e. The summed E-state index contributed by atoms with van der Waals surface area (Å²) < 4.78 is 5.53. The molecule has 2 heterocycles. The third-order valence-corrected chi connectivity index (χ3v) is 2.83. The number of hydrogen-bond donors (Lipinski definition) is 1. The third-order valence-electron chi connectivity index (χ3n) is 2.83. The summed E-state index contributed by atoms with van der Waals surface area (Å²) in [7, 11) is 0. The zero-order valence-corrected chi connectivity index (χ0v) is 10.5. The van der Waals surface area contributed by atoms with Gasteiger partial charge in [0.25, 0.3) is 0 Å². The predicted octanol–water partition coefficient (Wildman–Crippen LogP) is 1.06. The fraction of sp³-hybridized carbons (Fsp3) is 0.667. The molecule has 1 aliphatic heterocycles. The number of nitrogens with zero attached hydrogens (tertiary/aromatic N) is 3. The molecule has 5 nitrogen and oxygen atoms in total. The number of rotatable bonds is 4. The van der Waals surface area contributed by atoms with Crippen LogP contribution < -0.4 is 15.0 Å². The highest BCUT2D eigenvalue weighted by Gasteiger charge is 2.20. The fourth-order valence-electron chi connectivity index (χ4n) is 1.90. The summed E-state index contributed by atoms with van der Waals surface area (Å²) in [6.07, 6.45) is 2.76. The Bertz CT molecular complexity index is 358. The van der Waals surface area contributed by atoms with Crippen LogP contribution in [-0.2, 0) is 0 Å². The molecule has 17 heavy (non-hydrogen) atoms. The van der Waals surface area contributed by atoms with Crippen molar-refractivity contribution in [2.45, 2.75) is 26.3 Å². The van der Waals surface area contributed by atoms with Gasteiger partial charge in [-0.1, -0.05) is 6.92 Å². The number of aromatic nitrogens is 2. The molecule has 0 aromatic carbocycles. The first kappa shape index (κ1) is 12.1. The fourth-order valence-corrected chi connectivity index (χ4v) is 1.90. The minimum absolute atomic E-state index is 0.421. The van der Waals surface area contributed by atoms with Gasteiger partial charge in [0, 0.05) is 37.9 Å². The van der Waals surface area contributed by atoms with Crippen molar-refractivity contribution in [2.75, 3.05) is 31.1 Å². The molecule has 1 aliphatic rings. The lowest BCUT2D eigenvalue weighted by molar-refractivity contribution is 0.304. The van der Waals surface area contributed by atoms with E-state index in [4.69, 9.17) is 4.74 Å². The van der Waals surface area contributed by atoms with Gasteiger partial charge in [0.15, 0.2) is 0 Å². The van der Waals surface area contributed by atoms with Crippen molar-refractivity contribution in [3.63, 3.8) is 0 Å². The van der Waals surface area contributed by atoms with Gasteiger partial charge in [-0.25, -0.2) is 4.98 Å². The highest BCUT2D eigenvalue weighted by molar-refractivity contribution is 5.34. The second kappa shape index (κ2) is 5.82. The van der Waals surface area contributed by atoms with Gasteiger partial charge >= 0.3 is 0 Å². The molecule has 0 aliphatic carbocycles. The van der Waals surface area contributed by atoms with Gasteiger partial charge < -0.3 is 15.0 Å². The molecule has 0 saturated carbocycles. The Kier molecular flexibility index (Phi) is 4.14. The van der Waals surface area contributed by atoms with Crippen LogP contribution in [0.5, 0.6) is 5.88 Å². The number of hydrogen-bond acceptors (Lipinski definition) is 5. The Hall–Kier alpha value is -1.36. The van der Waals surface area contributed by atoms with Crippen LogP contribution in [0.1, 0.15) is 20.3 Å². The van der Waals surface area contributed by atoms with Gasteiger partial charge in [-0.15, -0.1) is 0 Å². The van der Waals surface area contributed by atoms with Crippen molar-refractivity contribution in [1.82, 2.24) is 15.3 Å². The topological polar surface area (TPSA) is 50.3 Å². The summed E-state index contributed by atoms with van der Waals surface area (Å²) in [5, 5.41) is 3.35. The molecule has 2 rings (SSSR count). The molecular weight excluding hydrogens is 216 g/mol. The van der Waals surface area contributed by atoms with E-state index in [-0.39, 0.29) is 0 Å². The van der Waals surface area contributed by atoms with Crippen molar-refractivity contribution in [1.29, 1.82) is 0 Å². The molecule has 1 aromatic rings. The van der Waals surface area contributed by atoms with E-state index >= 15 is 0 Å². The Morgan fingerprint density at radius 3 is 3.24 bits per heavy atom. The summed E-state index contributed by atoms with van der Waals surface area (Å²) in [5.41, 5.74) is 0. The standard InChI is InChI=1S/C12H20N4O/c1-3-8-17-11-4-5-14-12(15-11)16-7-6-13-9-10(16)2/h4-5,10,13H,3,6-9H2,1-2H3. The molecule has 1 fully saturated rings. The van der Waals surface area contributed by atoms with Gasteiger partial charge in [0.2, 0.25) is 11.8 Å². The summed E-state index contributed by atoms with van der Waals surface area (Å²) in [6.45, 7) is 7.86. The maximum Gasteiger partial charge on any atom is 0.228 e. The first-order chi connectivity index (χ1) is 8.31. The monoisotopic (exact) mass is 236 g/mol. The molecule has 94 valence electrons. The predicted molar refractivity (Wildman–Crippen MR) is 67.5 cm³/mol. The SMILES string of the molecule is CCCOc1ccnc(N2CCNCC2C)n1. The molecular formula is C12H20N4O. The Morgan fingerprint density at radius 1 is 1.59 bits per heavy atom. The number of ether oxygens (including phenoxy) is 1. The van der Waals surface area contributed by atoms with Crippen LogP contribution in [0.4, 0.5) is 5.95 Å².